The third kappa shape index (κ3) is 6.94. The SMILES string of the molecule is CCCn1cc(-c2ccc(Cl)cc2Cl)nc1/C=C/c1ccc(-c2ccc(Oc3ccc(C(=O)O)c([N+](=O)[O-])c3)cc2)cc1. The first-order valence-corrected chi connectivity index (χ1v) is 14.1. The first-order chi connectivity index (χ1) is 20.7. The lowest BCUT2D eigenvalue weighted by Gasteiger charge is -2.08. The molecule has 1 aromatic heterocycles. The fraction of sp³-hybridized carbons (Fsp3) is 0.0909. The van der Waals surface area contributed by atoms with Crippen LogP contribution in [0, 0.1) is 10.1 Å². The van der Waals surface area contributed by atoms with E-state index in [1.165, 1.54) is 6.07 Å². The van der Waals surface area contributed by atoms with Crippen molar-refractivity contribution in [2.75, 3.05) is 0 Å². The van der Waals surface area contributed by atoms with E-state index in [1.54, 1.807) is 24.3 Å². The zero-order valence-electron chi connectivity index (χ0n) is 22.9. The highest BCUT2D eigenvalue weighted by Gasteiger charge is 2.20. The quantitative estimate of drug-likeness (QED) is 0.124. The Morgan fingerprint density at radius 3 is 2.26 bits per heavy atom. The molecule has 43 heavy (non-hydrogen) atoms. The predicted molar refractivity (Wildman–Crippen MR) is 169 cm³/mol. The normalized spacial score (nSPS) is 11.1. The highest BCUT2D eigenvalue weighted by Crippen LogP contribution is 2.32. The largest absolute Gasteiger partial charge is 0.477 e. The summed E-state index contributed by atoms with van der Waals surface area (Å²) in [6.07, 6.45) is 6.95. The number of ether oxygens (including phenoxy) is 1. The maximum Gasteiger partial charge on any atom is 0.342 e. The predicted octanol–water partition coefficient (Wildman–Crippen LogP) is 9.50. The highest BCUT2D eigenvalue weighted by atomic mass is 35.5. The molecule has 216 valence electrons. The molecule has 1 N–H and O–H groups in total. The maximum atomic E-state index is 11.3. The fourth-order valence-corrected chi connectivity index (χ4v) is 5.03. The van der Waals surface area contributed by atoms with E-state index in [0.717, 1.165) is 58.9 Å². The molecule has 0 atom stereocenters. The van der Waals surface area contributed by atoms with Gasteiger partial charge in [-0.15, -0.1) is 0 Å². The van der Waals surface area contributed by atoms with Crippen LogP contribution in [0.25, 0.3) is 34.5 Å². The number of hydrogen-bond acceptors (Lipinski definition) is 5. The number of benzene rings is 4. The van der Waals surface area contributed by atoms with Crippen LogP contribution in [0.5, 0.6) is 11.5 Å². The smallest absolute Gasteiger partial charge is 0.342 e. The molecule has 1 heterocycles. The van der Waals surface area contributed by atoms with Crippen LogP contribution in [-0.4, -0.2) is 25.6 Å². The average molecular weight is 614 g/mol. The van der Waals surface area contributed by atoms with Crippen LogP contribution in [0.15, 0.2) is 91.1 Å². The Balaban J connectivity index is 1.29. The minimum atomic E-state index is -1.37. The molecular weight excluding hydrogens is 589 g/mol. The molecule has 5 aromatic rings. The van der Waals surface area contributed by atoms with E-state index in [2.05, 4.69) is 11.5 Å². The van der Waals surface area contributed by atoms with Gasteiger partial charge in [-0.2, -0.15) is 0 Å². The number of halogens is 2. The second-order valence-corrected chi connectivity index (χ2v) is 10.5. The zero-order valence-corrected chi connectivity index (χ0v) is 24.4. The standard InChI is InChI=1S/C33H25Cl2N3O5/c1-2-17-37-20-30(27-14-10-24(34)18-29(27)35)36-32(37)16-5-21-3-6-22(7-4-21)23-8-11-25(12-9-23)43-26-13-15-28(33(39)40)31(19-26)38(41)42/h3-16,18-20H,2,17H2,1H3,(H,39,40)/b16-5+. The average Bonchev–Trinajstić information content (AvgIpc) is 3.39. The molecule has 0 fully saturated rings. The van der Waals surface area contributed by atoms with E-state index in [9.17, 15) is 14.9 Å². The van der Waals surface area contributed by atoms with Gasteiger partial charge in [-0.05, 0) is 71.7 Å². The van der Waals surface area contributed by atoms with Crippen LogP contribution in [0.3, 0.4) is 0 Å². The minimum absolute atomic E-state index is 0.170. The summed E-state index contributed by atoms with van der Waals surface area (Å²) in [6.45, 7) is 2.94. The molecule has 0 aliphatic carbocycles. The van der Waals surface area contributed by atoms with E-state index in [4.69, 9.17) is 38.0 Å². The topological polar surface area (TPSA) is 107 Å². The number of rotatable bonds is 10. The van der Waals surface area contributed by atoms with Crippen molar-refractivity contribution in [3.05, 3.63) is 128 Å². The summed E-state index contributed by atoms with van der Waals surface area (Å²) in [4.78, 5) is 26.6. The Bertz CT molecular complexity index is 1830. The van der Waals surface area contributed by atoms with E-state index in [1.807, 2.05) is 60.8 Å². The number of carbonyl (C=O) groups is 1. The summed E-state index contributed by atoms with van der Waals surface area (Å²) in [5.41, 5.74) is 3.64. The number of nitro benzene ring substituents is 1. The lowest BCUT2D eigenvalue weighted by atomic mass is 10.0. The van der Waals surface area contributed by atoms with Gasteiger partial charge in [-0.1, -0.05) is 72.6 Å². The third-order valence-corrected chi connectivity index (χ3v) is 7.18. The van der Waals surface area contributed by atoms with Crippen LogP contribution < -0.4 is 4.74 Å². The number of aromatic carboxylic acids is 1. The van der Waals surface area contributed by atoms with Crippen molar-refractivity contribution in [1.82, 2.24) is 9.55 Å². The first kappa shape index (κ1) is 29.6. The monoisotopic (exact) mass is 613 g/mol. The third-order valence-electron chi connectivity index (χ3n) is 6.63. The molecule has 0 radical (unpaired) electrons. The van der Waals surface area contributed by atoms with Crippen molar-refractivity contribution in [1.29, 1.82) is 0 Å². The number of nitrogens with zero attached hydrogens (tertiary/aromatic N) is 3. The van der Waals surface area contributed by atoms with Gasteiger partial charge in [0.15, 0.2) is 0 Å². The van der Waals surface area contributed by atoms with Gasteiger partial charge in [-0.3, -0.25) is 10.1 Å². The molecule has 8 nitrogen and oxygen atoms in total. The molecule has 4 aromatic carbocycles. The summed E-state index contributed by atoms with van der Waals surface area (Å²) in [6, 6.07) is 24.4. The number of hydrogen-bond donors (Lipinski definition) is 1. The Labute approximate surface area is 257 Å². The summed E-state index contributed by atoms with van der Waals surface area (Å²) in [7, 11) is 0. The van der Waals surface area contributed by atoms with Crippen LogP contribution in [-0.2, 0) is 6.54 Å². The van der Waals surface area contributed by atoms with E-state index in [0.29, 0.717) is 15.8 Å². The number of aryl methyl sites for hydroxylation is 1. The van der Waals surface area contributed by atoms with Gasteiger partial charge < -0.3 is 14.4 Å². The van der Waals surface area contributed by atoms with Gasteiger partial charge >= 0.3 is 5.97 Å². The number of imidazole rings is 1. The van der Waals surface area contributed by atoms with Crippen molar-refractivity contribution in [3.8, 4) is 33.9 Å². The van der Waals surface area contributed by atoms with Crippen molar-refractivity contribution < 1.29 is 19.6 Å². The van der Waals surface area contributed by atoms with Gasteiger partial charge in [0.2, 0.25) is 0 Å². The molecule has 5 rings (SSSR count). The van der Waals surface area contributed by atoms with Crippen molar-refractivity contribution in [3.63, 3.8) is 0 Å². The Hall–Kier alpha value is -4.92. The second kappa shape index (κ2) is 12.9. The molecule has 0 spiro atoms. The lowest BCUT2D eigenvalue weighted by Crippen LogP contribution is -2.02. The first-order valence-electron chi connectivity index (χ1n) is 13.3. The molecule has 0 bridgehead atoms. The highest BCUT2D eigenvalue weighted by molar-refractivity contribution is 6.36. The van der Waals surface area contributed by atoms with Gasteiger partial charge in [0, 0.05) is 23.3 Å². The van der Waals surface area contributed by atoms with E-state index < -0.39 is 22.1 Å². The van der Waals surface area contributed by atoms with Crippen LogP contribution in [0.2, 0.25) is 10.0 Å². The Morgan fingerprint density at radius 2 is 1.63 bits per heavy atom. The van der Waals surface area contributed by atoms with E-state index >= 15 is 0 Å². The van der Waals surface area contributed by atoms with Crippen LogP contribution in [0.1, 0.15) is 35.1 Å². The van der Waals surface area contributed by atoms with E-state index in [-0.39, 0.29) is 5.75 Å². The molecule has 0 aliphatic heterocycles. The molecule has 10 heteroatoms. The van der Waals surface area contributed by atoms with Crippen LogP contribution >= 0.6 is 23.2 Å². The van der Waals surface area contributed by atoms with Gasteiger partial charge in [0.05, 0.1) is 21.7 Å². The Morgan fingerprint density at radius 1 is 0.953 bits per heavy atom. The van der Waals surface area contributed by atoms with Crippen molar-refractivity contribution in [2.24, 2.45) is 0 Å². The van der Waals surface area contributed by atoms with Gasteiger partial charge in [0.1, 0.15) is 22.9 Å². The second-order valence-electron chi connectivity index (χ2n) is 9.62. The number of carboxylic acids is 1. The number of nitro groups is 1. The lowest BCUT2D eigenvalue weighted by molar-refractivity contribution is -0.385. The van der Waals surface area contributed by atoms with Gasteiger partial charge in [0.25, 0.3) is 5.69 Å². The maximum absolute atomic E-state index is 11.3. The molecule has 0 aliphatic rings. The summed E-state index contributed by atoms with van der Waals surface area (Å²) in [5, 5.41) is 21.5. The fourth-order valence-electron chi connectivity index (χ4n) is 4.53. The van der Waals surface area contributed by atoms with Crippen LogP contribution in [0.4, 0.5) is 5.69 Å². The van der Waals surface area contributed by atoms with Crippen molar-refractivity contribution >= 4 is 47.0 Å². The number of carboxylic acid groups (broad SMARTS) is 1. The van der Waals surface area contributed by atoms with Crippen molar-refractivity contribution in [2.45, 2.75) is 19.9 Å². The summed E-state index contributed by atoms with van der Waals surface area (Å²) < 4.78 is 7.83. The minimum Gasteiger partial charge on any atom is -0.477 e. The molecule has 0 unspecified atom stereocenters. The molecular formula is C33H25Cl2N3O5. The Kier molecular flexibility index (Phi) is 8.90. The summed E-state index contributed by atoms with van der Waals surface area (Å²) >= 11 is 12.5. The molecule has 0 saturated heterocycles. The molecule has 0 amide bonds. The number of aromatic nitrogens is 2. The summed E-state index contributed by atoms with van der Waals surface area (Å²) in [5.74, 6) is 0.0806. The zero-order chi connectivity index (χ0) is 30.5. The van der Waals surface area contributed by atoms with Gasteiger partial charge in [-0.25, -0.2) is 9.78 Å². The molecule has 0 saturated carbocycles.